The maximum Gasteiger partial charge on any atom is 0.337 e. The number of hydrogen-bond acceptors (Lipinski definition) is 3. The van der Waals surface area contributed by atoms with Crippen LogP contribution in [0, 0.1) is 0 Å². The lowest BCUT2D eigenvalue weighted by atomic mass is 10.3. The van der Waals surface area contributed by atoms with Crippen LogP contribution in [0.3, 0.4) is 0 Å². The number of pyridine rings is 1. The molecule has 66 valence electrons. The Labute approximate surface area is 80.3 Å². The highest BCUT2D eigenvalue weighted by Crippen LogP contribution is 2.11. The Hall–Kier alpha value is -1.36. The molecule has 2 aromatic heterocycles. The van der Waals surface area contributed by atoms with Gasteiger partial charge in [-0.25, -0.2) is 4.79 Å². The number of halogens is 1. The Morgan fingerprint density at radius 3 is 2.85 bits per heavy atom. The molecule has 0 radical (unpaired) electrons. The summed E-state index contributed by atoms with van der Waals surface area (Å²) in [6.45, 7) is 0. The summed E-state index contributed by atoms with van der Waals surface area (Å²) in [6.07, 6.45) is 0. The average molecular weight is 242 g/mol. The van der Waals surface area contributed by atoms with Crippen LogP contribution in [0.15, 0.2) is 36.7 Å². The molecule has 0 amide bonds. The van der Waals surface area contributed by atoms with Crippen molar-refractivity contribution in [1.29, 1.82) is 0 Å². The third kappa shape index (κ3) is 1.42. The van der Waals surface area contributed by atoms with E-state index in [-0.39, 0.29) is 11.3 Å². The van der Waals surface area contributed by atoms with Crippen molar-refractivity contribution in [1.82, 2.24) is 4.98 Å². The fraction of sp³-hybridized carbons (Fsp3) is 0. The SMILES string of the molecule is O=c1ccc2cc(Br)c(=O)[nH]c2o1. The van der Waals surface area contributed by atoms with Gasteiger partial charge in [0.2, 0.25) is 5.71 Å². The van der Waals surface area contributed by atoms with Crippen LogP contribution in [-0.4, -0.2) is 4.98 Å². The van der Waals surface area contributed by atoms with Crippen molar-refractivity contribution in [3.8, 4) is 0 Å². The third-order valence-electron chi connectivity index (χ3n) is 1.59. The molecule has 0 saturated heterocycles. The molecule has 0 saturated carbocycles. The van der Waals surface area contributed by atoms with E-state index in [1.54, 1.807) is 12.1 Å². The fourth-order valence-corrected chi connectivity index (χ4v) is 1.35. The van der Waals surface area contributed by atoms with Crippen LogP contribution in [0.5, 0.6) is 0 Å². The van der Waals surface area contributed by atoms with Gasteiger partial charge in [-0.2, -0.15) is 0 Å². The molecule has 2 rings (SSSR count). The molecular formula is C8H4BrNO3. The molecule has 0 spiro atoms. The van der Waals surface area contributed by atoms with E-state index in [9.17, 15) is 9.59 Å². The summed E-state index contributed by atoms with van der Waals surface area (Å²) in [4.78, 5) is 24.3. The first-order valence-corrected chi connectivity index (χ1v) is 4.29. The van der Waals surface area contributed by atoms with Gasteiger partial charge in [0.25, 0.3) is 5.56 Å². The Kier molecular flexibility index (Phi) is 1.81. The lowest BCUT2D eigenvalue weighted by Crippen LogP contribution is -2.07. The predicted molar refractivity (Wildman–Crippen MR) is 50.8 cm³/mol. The number of fused-ring (bicyclic) bond motifs is 1. The number of aromatic amines is 1. The fourth-order valence-electron chi connectivity index (χ4n) is 1.00. The van der Waals surface area contributed by atoms with Gasteiger partial charge in [0, 0.05) is 11.5 Å². The van der Waals surface area contributed by atoms with E-state index in [0.717, 1.165) is 0 Å². The van der Waals surface area contributed by atoms with Crippen molar-refractivity contribution in [2.24, 2.45) is 0 Å². The van der Waals surface area contributed by atoms with Crippen LogP contribution in [0.4, 0.5) is 0 Å². The van der Waals surface area contributed by atoms with Crippen molar-refractivity contribution in [2.45, 2.75) is 0 Å². The normalized spacial score (nSPS) is 10.5. The molecule has 0 bridgehead atoms. The van der Waals surface area contributed by atoms with Crippen LogP contribution in [0.25, 0.3) is 11.1 Å². The average Bonchev–Trinajstić information content (AvgIpc) is 2.08. The first-order valence-electron chi connectivity index (χ1n) is 3.49. The molecule has 0 atom stereocenters. The van der Waals surface area contributed by atoms with E-state index in [4.69, 9.17) is 4.42 Å². The lowest BCUT2D eigenvalue weighted by Gasteiger charge is -1.94. The summed E-state index contributed by atoms with van der Waals surface area (Å²) in [5.74, 6) is 0. The van der Waals surface area contributed by atoms with Crippen molar-refractivity contribution in [3.05, 3.63) is 43.4 Å². The Bertz CT molecular complexity index is 569. The Morgan fingerprint density at radius 1 is 1.31 bits per heavy atom. The monoisotopic (exact) mass is 241 g/mol. The largest absolute Gasteiger partial charge is 0.406 e. The van der Waals surface area contributed by atoms with Crippen molar-refractivity contribution in [3.63, 3.8) is 0 Å². The summed E-state index contributed by atoms with van der Waals surface area (Å²) in [5, 5.41) is 0.672. The van der Waals surface area contributed by atoms with Crippen molar-refractivity contribution in [2.75, 3.05) is 0 Å². The van der Waals surface area contributed by atoms with Crippen LogP contribution in [0.1, 0.15) is 0 Å². The zero-order valence-corrected chi connectivity index (χ0v) is 7.92. The van der Waals surface area contributed by atoms with Crippen LogP contribution < -0.4 is 11.2 Å². The van der Waals surface area contributed by atoms with Gasteiger partial charge in [-0.3, -0.25) is 9.78 Å². The topological polar surface area (TPSA) is 63.1 Å². The first kappa shape index (κ1) is 8.25. The number of aromatic nitrogens is 1. The van der Waals surface area contributed by atoms with Gasteiger partial charge in [0.15, 0.2) is 0 Å². The molecule has 0 aliphatic carbocycles. The summed E-state index contributed by atoms with van der Waals surface area (Å²) in [7, 11) is 0. The highest BCUT2D eigenvalue weighted by Gasteiger charge is 2.01. The van der Waals surface area contributed by atoms with E-state index in [2.05, 4.69) is 20.9 Å². The standard InChI is InChI=1S/C8H4BrNO3/c9-5-3-4-1-2-6(11)13-8(4)10-7(5)12/h1-3H,(H,10,12). The van der Waals surface area contributed by atoms with Crippen molar-refractivity contribution < 1.29 is 4.42 Å². The van der Waals surface area contributed by atoms with Crippen LogP contribution >= 0.6 is 15.9 Å². The van der Waals surface area contributed by atoms with E-state index in [0.29, 0.717) is 9.86 Å². The molecule has 0 aliphatic rings. The number of H-pyrrole nitrogens is 1. The molecule has 0 unspecified atom stereocenters. The van der Waals surface area contributed by atoms with Crippen LogP contribution in [0.2, 0.25) is 0 Å². The minimum atomic E-state index is -0.481. The van der Waals surface area contributed by atoms with Gasteiger partial charge in [-0.15, -0.1) is 0 Å². The predicted octanol–water partition coefficient (Wildman–Crippen LogP) is 1.24. The molecule has 0 fully saturated rings. The molecule has 13 heavy (non-hydrogen) atoms. The van der Waals surface area contributed by atoms with E-state index >= 15 is 0 Å². The lowest BCUT2D eigenvalue weighted by molar-refractivity contribution is 0.548. The number of rotatable bonds is 0. The van der Waals surface area contributed by atoms with Gasteiger partial charge in [-0.05, 0) is 28.1 Å². The second-order valence-corrected chi connectivity index (χ2v) is 3.34. The molecule has 2 aromatic rings. The van der Waals surface area contributed by atoms with E-state index < -0.39 is 5.63 Å². The zero-order valence-electron chi connectivity index (χ0n) is 6.33. The van der Waals surface area contributed by atoms with Gasteiger partial charge >= 0.3 is 5.63 Å². The summed E-state index contributed by atoms with van der Waals surface area (Å²) >= 11 is 3.07. The summed E-state index contributed by atoms with van der Waals surface area (Å²) in [5.41, 5.74) is -0.604. The van der Waals surface area contributed by atoms with E-state index in [1.807, 2.05) is 0 Å². The van der Waals surface area contributed by atoms with Crippen LogP contribution in [-0.2, 0) is 0 Å². The minimum Gasteiger partial charge on any atom is -0.406 e. The number of nitrogens with one attached hydrogen (secondary N) is 1. The molecule has 2 heterocycles. The highest BCUT2D eigenvalue weighted by atomic mass is 79.9. The smallest absolute Gasteiger partial charge is 0.337 e. The second-order valence-electron chi connectivity index (χ2n) is 2.49. The number of hydrogen-bond donors (Lipinski definition) is 1. The van der Waals surface area contributed by atoms with E-state index in [1.165, 1.54) is 6.07 Å². The quantitative estimate of drug-likeness (QED) is 0.755. The maximum absolute atomic E-state index is 11.1. The maximum atomic E-state index is 11.1. The minimum absolute atomic E-state index is 0.195. The third-order valence-corrected chi connectivity index (χ3v) is 2.18. The first-order chi connectivity index (χ1) is 6.16. The molecule has 0 aliphatic heterocycles. The molecule has 0 aromatic carbocycles. The summed E-state index contributed by atoms with van der Waals surface area (Å²) in [6, 6.07) is 4.48. The second kappa shape index (κ2) is 2.85. The summed E-state index contributed by atoms with van der Waals surface area (Å²) < 4.78 is 5.18. The Morgan fingerprint density at radius 2 is 2.08 bits per heavy atom. The van der Waals surface area contributed by atoms with Gasteiger partial charge < -0.3 is 4.42 Å². The van der Waals surface area contributed by atoms with Gasteiger partial charge in [-0.1, -0.05) is 0 Å². The molecule has 1 N–H and O–H groups in total. The molecule has 4 nitrogen and oxygen atoms in total. The molecule has 5 heteroatoms. The highest BCUT2D eigenvalue weighted by molar-refractivity contribution is 9.10. The zero-order chi connectivity index (χ0) is 9.42. The van der Waals surface area contributed by atoms with Gasteiger partial charge in [0.1, 0.15) is 0 Å². The van der Waals surface area contributed by atoms with Crippen molar-refractivity contribution >= 4 is 27.0 Å². The Balaban J connectivity index is 2.97. The molecular weight excluding hydrogens is 238 g/mol. The van der Waals surface area contributed by atoms with Gasteiger partial charge in [0.05, 0.1) is 4.47 Å².